The lowest BCUT2D eigenvalue weighted by Gasteiger charge is -2.47. The van der Waals surface area contributed by atoms with Crippen molar-refractivity contribution in [2.75, 3.05) is 6.26 Å². The minimum atomic E-state index is -0.357. The number of piperazine rings is 1. The Kier molecular flexibility index (Phi) is 5.58. The van der Waals surface area contributed by atoms with E-state index in [9.17, 15) is 9.59 Å². The third-order valence-corrected chi connectivity index (χ3v) is 5.99. The minimum Gasteiger partial charge on any atom is -0.342 e. The van der Waals surface area contributed by atoms with Crippen molar-refractivity contribution in [1.29, 1.82) is 0 Å². The van der Waals surface area contributed by atoms with Crippen molar-refractivity contribution in [3.63, 3.8) is 0 Å². The van der Waals surface area contributed by atoms with Crippen LogP contribution >= 0.6 is 11.8 Å². The summed E-state index contributed by atoms with van der Waals surface area (Å²) in [6.45, 7) is 6.00. The molecule has 4 nitrogen and oxygen atoms in total. The van der Waals surface area contributed by atoms with E-state index in [1.54, 1.807) is 0 Å². The number of thioether (sulfide) groups is 1. The molecule has 0 bridgehead atoms. The molecule has 2 fully saturated rings. The first-order valence-corrected chi connectivity index (χ1v) is 9.45. The van der Waals surface area contributed by atoms with Gasteiger partial charge in [-0.15, -0.1) is 0 Å². The first-order valence-electron chi connectivity index (χ1n) is 8.16. The fraction of sp³-hybridized carbons (Fsp3) is 0.875. The van der Waals surface area contributed by atoms with Gasteiger partial charge >= 0.3 is 0 Å². The number of carbonyl (C=O) groups is 2. The number of hydrogen-bond donors (Lipinski definition) is 1. The van der Waals surface area contributed by atoms with Crippen LogP contribution in [0.3, 0.4) is 0 Å². The van der Waals surface area contributed by atoms with Crippen molar-refractivity contribution in [3.8, 4) is 0 Å². The molecule has 0 radical (unpaired) electrons. The number of nitrogens with zero attached hydrogens (tertiary/aromatic N) is 1. The van der Waals surface area contributed by atoms with E-state index in [0.717, 1.165) is 19.3 Å². The SMILES string of the molecule is CCC1C(=O)NC(C(C)C)C(=O)N1C1CCCCC1SC. The second kappa shape index (κ2) is 7.03. The van der Waals surface area contributed by atoms with Crippen LogP contribution in [0, 0.1) is 5.92 Å². The quantitative estimate of drug-likeness (QED) is 0.867. The molecule has 4 atom stereocenters. The summed E-state index contributed by atoms with van der Waals surface area (Å²) in [5, 5.41) is 3.40. The molecule has 2 amide bonds. The van der Waals surface area contributed by atoms with Gasteiger partial charge in [-0.2, -0.15) is 11.8 Å². The summed E-state index contributed by atoms with van der Waals surface area (Å²) in [6, 6.07) is -0.423. The second-order valence-electron chi connectivity index (χ2n) is 6.53. The highest BCUT2D eigenvalue weighted by molar-refractivity contribution is 7.99. The Hall–Kier alpha value is -0.710. The average molecular weight is 312 g/mol. The molecule has 2 aliphatic rings. The number of amides is 2. The summed E-state index contributed by atoms with van der Waals surface area (Å²) in [7, 11) is 0. The van der Waals surface area contributed by atoms with Gasteiger partial charge in [-0.05, 0) is 31.4 Å². The van der Waals surface area contributed by atoms with Gasteiger partial charge in [0.05, 0.1) is 0 Å². The van der Waals surface area contributed by atoms with E-state index in [2.05, 4.69) is 11.6 Å². The van der Waals surface area contributed by atoms with Crippen LogP contribution in [0.4, 0.5) is 0 Å². The summed E-state index contributed by atoms with van der Waals surface area (Å²) in [5.74, 6) is 0.293. The van der Waals surface area contributed by atoms with E-state index in [4.69, 9.17) is 0 Å². The highest BCUT2D eigenvalue weighted by atomic mass is 32.2. The number of carbonyl (C=O) groups excluding carboxylic acids is 2. The Balaban J connectivity index is 2.30. The van der Waals surface area contributed by atoms with E-state index in [1.165, 1.54) is 6.42 Å². The topological polar surface area (TPSA) is 49.4 Å². The monoisotopic (exact) mass is 312 g/mol. The smallest absolute Gasteiger partial charge is 0.246 e. The lowest BCUT2D eigenvalue weighted by atomic mass is 9.88. The molecule has 5 heteroatoms. The fourth-order valence-electron chi connectivity index (χ4n) is 3.65. The van der Waals surface area contributed by atoms with E-state index in [0.29, 0.717) is 11.7 Å². The zero-order chi connectivity index (χ0) is 15.6. The predicted molar refractivity (Wildman–Crippen MR) is 87.3 cm³/mol. The van der Waals surface area contributed by atoms with E-state index in [-0.39, 0.29) is 35.9 Å². The number of nitrogens with one attached hydrogen (secondary N) is 1. The van der Waals surface area contributed by atoms with Crippen LogP contribution in [0.15, 0.2) is 0 Å². The highest BCUT2D eigenvalue weighted by Gasteiger charge is 2.46. The predicted octanol–water partition coefficient (Wildman–Crippen LogP) is 2.42. The van der Waals surface area contributed by atoms with Gasteiger partial charge in [-0.25, -0.2) is 0 Å². The summed E-state index contributed by atoms with van der Waals surface area (Å²) in [6.07, 6.45) is 7.40. The van der Waals surface area contributed by atoms with Crippen LogP contribution in [0.5, 0.6) is 0 Å². The molecule has 1 aliphatic heterocycles. The fourth-order valence-corrected chi connectivity index (χ4v) is 4.63. The molecule has 1 heterocycles. The van der Waals surface area contributed by atoms with Gasteiger partial charge in [0.15, 0.2) is 0 Å². The van der Waals surface area contributed by atoms with Gasteiger partial charge < -0.3 is 10.2 Å². The third-order valence-electron chi connectivity index (χ3n) is 4.84. The molecular formula is C16H28N2O2S. The molecule has 0 aromatic rings. The maximum atomic E-state index is 12.9. The average Bonchev–Trinajstić information content (AvgIpc) is 2.48. The molecule has 1 N–H and O–H groups in total. The minimum absolute atomic E-state index is 0.0289. The lowest BCUT2D eigenvalue weighted by Crippen LogP contribution is -2.68. The summed E-state index contributed by atoms with van der Waals surface area (Å²) >= 11 is 1.85. The Labute approximate surface area is 132 Å². The van der Waals surface area contributed by atoms with Crippen LogP contribution in [-0.4, -0.2) is 46.3 Å². The summed E-state index contributed by atoms with van der Waals surface area (Å²) < 4.78 is 0. The molecular weight excluding hydrogens is 284 g/mol. The van der Waals surface area contributed by atoms with Crippen molar-refractivity contribution < 1.29 is 9.59 Å². The maximum Gasteiger partial charge on any atom is 0.246 e. The van der Waals surface area contributed by atoms with Gasteiger partial charge in [0.25, 0.3) is 0 Å². The van der Waals surface area contributed by atoms with E-state index < -0.39 is 0 Å². The van der Waals surface area contributed by atoms with Crippen molar-refractivity contribution in [2.45, 2.75) is 76.3 Å². The van der Waals surface area contributed by atoms with E-state index >= 15 is 0 Å². The largest absolute Gasteiger partial charge is 0.342 e. The molecule has 1 saturated carbocycles. The molecule has 4 unspecified atom stereocenters. The van der Waals surface area contributed by atoms with Gasteiger partial charge in [0.2, 0.25) is 11.8 Å². The van der Waals surface area contributed by atoms with Crippen molar-refractivity contribution in [1.82, 2.24) is 10.2 Å². The maximum absolute atomic E-state index is 12.9. The molecule has 21 heavy (non-hydrogen) atoms. The Morgan fingerprint density at radius 1 is 1.29 bits per heavy atom. The molecule has 0 aromatic carbocycles. The zero-order valence-electron chi connectivity index (χ0n) is 13.6. The van der Waals surface area contributed by atoms with Crippen LogP contribution in [-0.2, 0) is 9.59 Å². The first-order chi connectivity index (χ1) is 10.0. The van der Waals surface area contributed by atoms with Gasteiger partial charge in [0, 0.05) is 11.3 Å². The first kappa shape index (κ1) is 16.7. The van der Waals surface area contributed by atoms with Gasteiger partial charge in [-0.3, -0.25) is 9.59 Å². The van der Waals surface area contributed by atoms with Crippen LogP contribution in [0.2, 0.25) is 0 Å². The molecule has 120 valence electrons. The summed E-state index contributed by atoms with van der Waals surface area (Å²) in [4.78, 5) is 27.3. The Morgan fingerprint density at radius 2 is 1.95 bits per heavy atom. The van der Waals surface area contributed by atoms with Crippen LogP contribution < -0.4 is 5.32 Å². The lowest BCUT2D eigenvalue weighted by molar-refractivity contribution is -0.154. The molecule has 1 saturated heterocycles. The van der Waals surface area contributed by atoms with Gasteiger partial charge in [-0.1, -0.05) is 33.6 Å². The van der Waals surface area contributed by atoms with E-state index in [1.807, 2.05) is 37.4 Å². The third kappa shape index (κ3) is 3.22. The van der Waals surface area contributed by atoms with Crippen LogP contribution in [0.25, 0.3) is 0 Å². The van der Waals surface area contributed by atoms with Gasteiger partial charge in [0.1, 0.15) is 12.1 Å². The second-order valence-corrected chi connectivity index (χ2v) is 7.60. The van der Waals surface area contributed by atoms with Crippen molar-refractivity contribution in [2.24, 2.45) is 5.92 Å². The molecule has 0 spiro atoms. The molecule has 1 aliphatic carbocycles. The van der Waals surface area contributed by atoms with Crippen molar-refractivity contribution >= 4 is 23.6 Å². The van der Waals surface area contributed by atoms with Crippen LogP contribution in [0.1, 0.15) is 52.9 Å². The number of rotatable bonds is 4. The Bertz CT molecular complexity index is 400. The molecule has 0 aromatic heterocycles. The van der Waals surface area contributed by atoms with Crippen molar-refractivity contribution in [3.05, 3.63) is 0 Å². The summed E-state index contributed by atoms with van der Waals surface area (Å²) in [5.41, 5.74) is 0. The zero-order valence-corrected chi connectivity index (χ0v) is 14.4. The molecule has 2 rings (SSSR count). The highest BCUT2D eigenvalue weighted by Crippen LogP contribution is 2.34. The standard InChI is InChI=1S/C16H28N2O2S/c1-5-11-15(19)17-14(10(2)3)16(20)18(11)12-8-6-7-9-13(12)21-4/h10-14H,5-9H2,1-4H3,(H,17,19). The number of hydrogen-bond acceptors (Lipinski definition) is 3. The Morgan fingerprint density at radius 3 is 2.52 bits per heavy atom. The normalized spacial score (nSPS) is 34.2.